The smallest absolute Gasteiger partial charge is 0.0587 e. The fraction of sp³-hybridized carbons (Fsp3) is 0.366. The SMILES string of the molecule is C[I+]C.C[S+](C)C.Cc1ccc2c(c1)C(C)(C)c1cc(C)ccc1-2.Cc1ccc2c(c1)C(C)(C)c1cc(C)ccc1C=C2. The molecular formula is C41H53IS+2. The summed E-state index contributed by atoms with van der Waals surface area (Å²) >= 11 is 0.590. The lowest BCUT2D eigenvalue weighted by Gasteiger charge is -2.29. The fourth-order valence-electron chi connectivity index (χ4n) is 6.00. The summed E-state index contributed by atoms with van der Waals surface area (Å²) in [5.41, 5.74) is 16.8. The van der Waals surface area contributed by atoms with E-state index in [1.165, 1.54) is 66.8 Å². The third-order valence-electron chi connectivity index (χ3n) is 8.19. The highest BCUT2D eigenvalue weighted by atomic mass is 127. The third-order valence-corrected chi connectivity index (χ3v) is 8.19. The molecule has 6 rings (SSSR count). The number of halogens is 1. The minimum absolute atomic E-state index is 0.0478. The Morgan fingerprint density at radius 2 is 0.721 bits per heavy atom. The molecule has 0 saturated heterocycles. The maximum atomic E-state index is 2.34. The van der Waals surface area contributed by atoms with Gasteiger partial charge in [-0.05, 0) is 83.1 Å². The van der Waals surface area contributed by atoms with Crippen molar-refractivity contribution < 1.29 is 21.2 Å². The molecule has 4 aromatic carbocycles. The molecule has 0 atom stereocenters. The average Bonchev–Trinajstić information content (AvgIpc) is 3.07. The molecule has 0 heterocycles. The summed E-state index contributed by atoms with van der Waals surface area (Å²) in [4.78, 5) is 4.47. The van der Waals surface area contributed by atoms with E-state index in [1.807, 2.05) is 0 Å². The molecule has 2 aliphatic carbocycles. The van der Waals surface area contributed by atoms with E-state index < -0.39 is 0 Å². The lowest BCUT2D eigenvalue weighted by molar-refractivity contribution is -0.597. The first-order valence-electron chi connectivity index (χ1n) is 15.1. The minimum atomic E-state index is 0.0478. The topological polar surface area (TPSA) is 0 Å². The van der Waals surface area contributed by atoms with Gasteiger partial charge in [-0.1, -0.05) is 135 Å². The Bertz CT molecular complexity index is 1470. The molecule has 0 radical (unpaired) electrons. The summed E-state index contributed by atoms with van der Waals surface area (Å²) in [5.74, 6) is 0. The zero-order valence-electron chi connectivity index (χ0n) is 28.9. The first-order chi connectivity index (χ1) is 20.1. The largest absolute Gasteiger partial charge is 0.261 e. The normalized spacial score (nSPS) is 14.3. The second-order valence-corrected chi connectivity index (χ2v) is 18.1. The van der Waals surface area contributed by atoms with Gasteiger partial charge < -0.3 is 0 Å². The third kappa shape index (κ3) is 8.25. The molecule has 4 aromatic rings. The van der Waals surface area contributed by atoms with Crippen LogP contribution in [-0.2, 0) is 21.7 Å². The summed E-state index contributed by atoms with van der Waals surface area (Å²) < 4.78 is 0. The number of hydrogen-bond donors (Lipinski definition) is 0. The Morgan fingerprint density at radius 1 is 0.465 bits per heavy atom. The molecule has 0 unspecified atom stereocenters. The van der Waals surface area contributed by atoms with Gasteiger partial charge in [0, 0.05) is 10.8 Å². The van der Waals surface area contributed by atoms with Crippen molar-refractivity contribution in [2.45, 2.75) is 66.2 Å². The van der Waals surface area contributed by atoms with Crippen molar-refractivity contribution in [3.05, 3.63) is 128 Å². The second-order valence-electron chi connectivity index (χ2n) is 13.5. The number of fused-ring (bicyclic) bond motifs is 5. The van der Waals surface area contributed by atoms with Crippen molar-refractivity contribution in [2.24, 2.45) is 0 Å². The van der Waals surface area contributed by atoms with Gasteiger partial charge in [-0.15, -0.1) is 0 Å². The highest BCUT2D eigenvalue weighted by Crippen LogP contribution is 2.49. The van der Waals surface area contributed by atoms with E-state index in [1.54, 1.807) is 0 Å². The van der Waals surface area contributed by atoms with Gasteiger partial charge in [0.1, 0.15) is 9.86 Å². The number of alkyl halides is 2. The molecule has 0 aliphatic heterocycles. The van der Waals surface area contributed by atoms with Crippen LogP contribution >= 0.6 is 0 Å². The standard InChI is InChI=1S/C19H20.C17H18.C3H9S.C2H6I/c1-13-5-7-15-9-10-16-8-6-14(2)12-18(16)19(3,4)17(15)11-13;1-11-5-7-13-14-8-6-12(2)10-16(14)17(3,4)15(13)9-11;1-4(2)3;1-3-2/h5-12H,1-4H3;5-10H,1-4H3;1-3H3;1-2H3/q;;2*+1. The Hall–Kier alpha value is -2.30. The van der Waals surface area contributed by atoms with E-state index >= 15 is 0 Å². The second kappa shape index (κ2) is 14.7. The summed E-state index contributed by atoms with van der Waals surface area (Å²) in [6.07, 6.45) is 11.1. The zero-order chi connectivity index (χ0) is 32.1. The van der Waals surface area contributed by atoms with Gasteiger partial charge in [0.15, 0.2) is 0 Å². The quantitative estimate of drug-likeness (QED) is 0.101. The van der Waals surface area contributed by atoms with E-state index in [2.05, 4.69) is 169 Å². The fourth-order valence-corrected chi connectivity index (χ4v) is 6.00. The molecule has 2 heteroatoms. The van der Waals surface area contributed by atoms with Gasteiger partial charge in [-0.25, -0.2) is 0 Å². The summed E-state index contributed by atoms with van der Waals surface area (Å²) in [6, 6.07) is 27.2. The van der Waals surface area contributed by atoms with E-state index in [0.29, 0.717) is 32.1 Å². The predicted octanol–water partition coefficient (Wildman–Crippen LogP) is 7.55. The Kier molecular flexibility index (Phi) is 12.0. The molecule has 0 N–H and O–H groups in total. The van der Waals surface area contributed by atoms with Gasteiger partial charge in [0.25, 0.3) is 21.2 Å². The van der Waals surface area contributed by atoms with Gasteiger partial charge in [-0.2, -0.15) is 0 Å². The predicted molar refractivity (Wildman–Crippen MR) is 194 cm³/mol. The van der Waals surface area contributed by atoms with Gasteiger partial charge in [0.05, 0.1) is 18.8 Å². The van der Waals surface area contributed by atoms with Crippen LogP contribution in [0.15, 0.2) is 72.8 Å². The maximum Gasteiger partial charge on any atom is 0.261 e. The summed E-state index contributed by atoms with van der Waals surface area (Å²) in [7, 11) is 0.639. The van der Waals surface area contributed by atoms with Crippen LogP contribution in [-0.4, -0.2) is 28.6 Å². The van der Waals surface area contributed by atoms with Crippen molar-refractivity contribution in [1.82, 2.24) is 0 Å². The van der Waals surface area contributed by atoms with Crippen molar-refractivity contribution in [1.29, 1.82) is 0 Å². The first-order valence-corrected chi connectivity index (χ1v) is 21.9. The summed E-state index contributed by atoms with van der Waals surface area (Å²) in [6.45, 7) is 18.0. The molecule has 0 aromatic heterocycles. The average molecular weight is 705 g/mol. The molecule has 0 spiro atoms. The Balaban J connectivity index is 0.000000195. The van der Waals surface area contributed by atoms with Crippen LogP contribution in [0.25, 0.3) is 23.3 Å². The molecule has 43 heavy (non-hydrogen) atoms. The monoisotopic (exact) mass is 704 g/mol. The van der Waals surface area contributed by atoms with Gasteiger partial charge >= 0.3 is 0 Å². The van der Waals surface area contributed by atoms with Crippen molar-refractivity contribution in [2.75, 3.05) is 28.6 Å². The number of hydrogen-bond acceptors (Lipinski definition) is 0. The highest BCUT2D eigenvalue weighted by Gasteiger charge is 2.35. The molecule has 0 nitrogen and oxygen atoms in total. The maximum absolute atomic E-state index is 2.34. The first kappa shape index (κ1) is 35.2. The van der Waals surface area contributed by atoms with Crippen LogP contribution in [0.3, 0.4) is 0 Å². The Labute approximate surface area is 277 Å². The molecule has 0 saturated carbocycles. The van der Waals surface area contributed by atoms with Gasteiger partial charge in [-0.3, -0.25) is 0 Å². The molecule has 0 bridgehead atoms. The van der Waals surface area contributed by atoms with Crippen LogP contribution in [0.2, 0.25) is 0 Å². The Morgan fingerprint density at radius 3 is 1.05 bits per heavy atom. The lowest BCUT2D eigenvalue weighted by Crippen LogP contribution is -3.59. The van der Waals surface area contributed by atoms with Crippen LogP contribution < -0.4 is 21.2 Å². The molecule has 0 amide bonds. The molecule has 0 fully saturated rings. The summed E-state index contributed by atoms with van der Waals surface area (Å²) in [5, 5.41) is 0. The van der Waals surface area contributed by atoms with Crippen molar-refractivity contribution in [3.8, 4) is 11.1 Å². The van der Waals surface area contributed by atoms with E-state index in [-0.39, 0.29) is 10.8 Å². The molecule has 2 aliphatic rings. The number of rotatable bonds is 0. The number of benzene rings is 4. The van der Waals surface area contributed by atoms with Crippen molar-refractivity contribution in [3.63, 3.8) is 0 Å². The van der Waals surface area contributed by atoms with Crippen molar-refractivity contribution >= 4 is 23.0 Å². The molecule has 228 valence electrons. The van der Waals surface area contributed by atoms with E-state index in [4.69, 9.17) is 0 Å². The van der Waals surface area contributed by atoms with E-state index in [0.717, 1.165) is 0 Å². The minimum Gasteiger partial charge on any atom is -0.0587 e. The zero-order valence-corrected chi connectivity index (χ0v) is 31.8. The molecular weight excluding hydrogens is 651 g/mol. The number of aryl methyl sites for hydroxylation is 4. The highest BCUT2D eigenvalue weighted by molar-refractivity contribution is 7.94. The van der Waals surface area contributed by atoms with Crippen LogP contribution in [0.4, 0.5) is 0 Å². The van der Waals surface area contributed by atoms with Crippen LogP contribution in [0.1, 0.15) is 83.3 Å². The lowest BCUT2D eigenvalue weighted by atomic mass is 9.75. The van der Waals surface area contributed by atoms with Crippen LogP contribution in [0, 0.1) is 27.7 Å². The van der Waals surface area contributed by atoms with Gasteiger partial charge in [0.2, 0.25) is 0 Å². The van der Waals surface area contributed by atoms with Crippen LogP contribution in [0.5, 0.6) is 0 Å². The van der Waals surface area contributed by atoms with E-state index in [9.17, 15) is 0 Å².